The Morgan fingerprint density at radius 2 is 1.97 bits per heavy atom. The second-order valence-corrected chi connectivity index (χ2v) is 10.7. The van der Waals surface area contributed by atoms with Gasteiger partial charge in [0.1, 0.15) is 18.4 Å². The van der Waals surface area contributed by atoms with Crippen LogP contribution in [0, 0.1) is 11.3 Å². The first-order valence-electron chi connectivity index (χ1n) is 14.2. The molecule has 0 spiro atoms. The molecule has 6 nitrogen and oxygen atoms in total. The van der Waals surface area contributed by atoms with E-state index >= 15 is 0 Å². The van der Waals surface area contributed by atoms with Gasteiger partial charge in [-0.15, -0.1) is 0 Å². The Morgan fingerprint density at radius 1 is 1.16 bits per heavy atom. The quantitative estimate of drug-likeness (QED) is 0.255. The van der Waals surface area contributed by atoms with Crippen molar-refractivity contribution in [3.63, 3.8) is 0 Å². The summed E-state index contributed by atoms with van der Waals surface area (Å²) in [6, 6.07) is 17.5. The molecular formula is C32H38N2O4. The Balaban J connectivity index is 1.37. The summed E-state index contributed by atoms with van der Waals surface area (Å²) in [5.74, 6) is 0.697. The molecule has 3 aromatic rings. The van der Waals surface area contributed by atoms with Gasteiger partial charge in [0.25, 0.3) is 0 Å². The van der Waals surface area contributed by atoms with Gasteiger partial charge in [-0.05, 0) is 81.5 Å². The Labute approximate surface area is 225 Å². The molecule has 1 aliphatic heterocycles. The van der Waals surface area contributed by atoms with Crippen LogP contribution < -0.4 is 4.74 Å². The monoisotopic (exact) mass is 514 g/mol. The van der Waals surface area contributed by atoms with Gasteiger partial charge in [-0.1, -0.05) is 31.2 Å². The molecule has 2 aliphatic rings. The van der Waals surface area contributed by atoms with E-state index < -0.39 is 0 Å². The lowest BCUT2D eigenvalue weighted by molar-refractivity contribution is -0.148. The van der Waals surface area contributed by atoms with E-state index in [9.17, 15) is 10.1 Å². The third-order valence-electron chi connectivity index (χ3n) is 7.97. The summed E-state index contributed by atoms with van der Waals surface area (Å²) in [6.45, 7) is 5.32. The minimum absolute atomic E-state index is 0.0255. The van der Waals surface area contributed by atoms with Gasteiger partial charge < -0.3 is 18.8 Å². The molecule has 0 amide bonds. The van der Waals surface area contributed by atoms with Crippen LogP contribution in [0.5, 0.6) is 5.75 Å². The lowest BCUT2D eigenvalue weighted by Crippen LogP contribution is -2.18. The summed E-state index contributed by atoms with van der Waals surface area (Å²) in [5, 5.41) is 11.2. The van der Waals surface area contributed by atoms with E-state index in [-0.39, 0.29) is 18.2 Å². The lowest BCUT2D eigenvalue weighted by Gasteiger charge is -2.30. The molecule has 0 radical (unpaired) electrons. The minimum atomic E-state index is -0.126. The van der Waals surface area contributed by atoms with Gasteiger partial charge in [0, 0.05) is 30.5 Å². The number of aromatic nitrogens is 1. The second-order valence-electron chi connectivity index (χ2n) is 10.7. The van der Waals surface area contributed by atoms with Crippen molar-refractivity contribution in [3.8, 4) is 23.1 Å². The zero-order chi connectivity index (χ0) is 26.5. The van der Waals surface area contributed by atoms with Crippen LogP contribution in [0.25, 0.3) is 22.2 Å². The van der Waals surface area contributed by atoms with Gasteiger partial charge in [0.2, 0.25) is 0 Å². The molecule has 2 heterocycles. The zero-order valence-corrected chi connectivity index (χ0v) is 22.6. The number of nitrogens with zero attached hydrogens (tertiary/aromatic N) is 2. The maximum absolute atomic E-state index is 12.0. The Morgan fingerprint density at radius 3 is 2.63 bits per heavy atom. The van der Waals surface area contributed by atoms with Gasteiger partial charge >= 0.3 is 5.97 Å². The van der Waals surface area contributed by atoms with Gasteiger partial charge in [-0.3, -0.25) is 4.79 Å². The molecule has 6 heteroatoms. The van der Waals surface area contributed by atoms with E-state index in [0.29, 0.717) is 19.1 Å². The predicted molar refractivity (Wildman–Crippen MR) is 148 cm³/mol. The molecule has 0 N–H and O–H groups in total. The molecule has 5 rings (SSSR count). The number of fused-ring (bicyclic) bond motifs is 1. The molecule has 0 bridgehead atoms. The number of ether oxygens (including phenoxy) is 3. The lowest BCUT2D eigenvalue weighted by atomic mass is 9.92. The van der Waals surface area contributed by atoms with Crippen LogP contribution >= 0.6 is 0 Å². The smallest absolute Gasteiger partial charge is 0.306 e. The number of esters is 1. The number of benzene rings is 2. The van der Waals surface area contributed by atoms with Crippen molar-refractivity contribution in [1.29, 1.82) is 5.26 Å². The average molecular weight is 515 g/mol. The van der Waals surface area contributed by atoms with Crippen LogP contribution in [0.4, 0.5) is 0 Å². The molecule has 200 valence electrons. The summed E-state index contributed by atoms with van der Waals surface area (Å²) in [7, 11) is 0. The van der Waals surface area contributed by atoms with E-state index in [1.165, 1.54) is 12.0 Å². The number of carbonyl (C=O) groups is 1. The molecule has 2 unspecified atom stereocenters. The minimum Gasteiger partial charge on any atom is -0.491 e. The van der Waals surface area contributed by atoms with Crippen molar-refractivity contribution in [2.45, 2.75) is 89.9 Å². The highest BCUT2D eigenvalue weighted by atomic mass is 16.5. The summed E-state index contributed by atoms with van der Waals surface area (Å²) < 4.78 is 19.6. The fourth-order valence-electron chi connectivity index (χ4n) is 5.40. The number of hydrogen-bond acceptors (Lipinski definition) is 5. The van der Waals surface area contributed by atoms with Crippen molar-refractivity contribution >= 4 is 16.9 Å². The highest BCUT2D eigenvalue weighted by molar-refractivity contribution is 5.95. The normalized spacial score (nSPS) is 18.2. The fourth-order valence-corrected chi connectivity index (χ4v) is 5.40. The third kappa shape index (κ3) is 5.73. The molecule has 1 saturated carbocycles. The van der Waals surface area contributed by atoms with E-state index in [4.69, 9.17) is 14.2 Å². The summed E-state index contributed by atoms with van der Waals surface area (Å²) in [4.78, 5) is 12.0. The van der Waals surface area contributed by atoms with E-state index in [1.807, 2.05) is 26.0 Å². The van der Waals surface area contributed by atoms with Crippen LogP contribution in [0.15, 0.2) is 42.5 Å². The van der Waals surface area contributed by atoms with Crippen LogP contribution in [0.2, 0.25) is 0 Å². The van der Waals surface area contributed by atoms with Crippen molar-refractivity contribution in [2.75, 3.05) is 13.2 Å². The standard InChI is InChI=1S/C32H38N2O4/c1-3-22(2)38-31(35)11-4-7-23-12-14-24(15-13-23)32-29(20-33)28-17-16-26(37-21-27-10-6-18-36-27)19-30(28)34(32)25-8-5-9-25/h12-17,19,22,25,27H,3-11,18,21H2,1-2H3. The van der Waals surface area contributed by atoms with E-state index in [1.54, 1.807) is 0 Å². The zero-order valence-electron chi connectivity index (χ0n) is 22.6. The van der Waals surface area contributed by atoms with E-state index in [2.05, 4.69) is 41.0 Å². The molecule has 1 saturated heterocycles. The largest absolute Gasteiger partial charge is 0.491 e. The Kier molecular flexibility index (Phi) is 8.34. The van der Waals surface area contributed by atoms with Crippen molar-refractivity contribution < 1.29 is 19.0 Å². The number of aryl methyl sites for hydroxylation is 1. The summed E-state index contributed by atoms with van der Waals surface area (Å²) >= 11 is 0. The molecule has 38 heavy (non-hydrogen) atoms. The SMILES string of the molecule is CCC(C)OC(=O)CCCc1ccc(-c2c(C#N)c3ccc(OCC4CCCO4)cc3n2C2CCC2)cc1. The number of carbonyl (C=O) groups excluding carboxylic acids is 1. The Bertz CT molecular complexity index is 1290. The first-order chi connectivity index (χ1) is 18.6. The van der Waals surface area contributed by atoms with Gasteiger partial charge in [0.05, 0.1) is 29.0 Å². The van der Waals surface area contributed by atoms with Crippen LogP contribution in [-0.4, -0.2) is 36.0 Å². The average Bonchev–Trinajstić information content (AvgIpc) is 3.53. The molecule has 2 atom stereocenters. The van der Waals surface area contributed by atoms with Crippen molar-refractivity contribution in [2.24, 2.45) is 0 Å². The van der Waals surface area contributed by atoms with Crippen molar-refractivity contribution in [1.82, 2.24) is 4.57 Å². The second kappa shape index (κ2) is 12.0. The molecular weight excluding hydrogens is 476 g/mol. The molecule has 1 aromatic heterocycles. The first kappa shape index (κ1) is 26.3. The van der Waals surface area contributed by atoms with Gasteiger partial charge in [-0.2, -0.15) is 5.26 Å². The van der Waals surface area contributed by atoms with E-state index in [0.717, 1.165) is 85.0 Å². The fraction of sp³-hybridized carbons (Fsp3) is 0.500. The number of hydrogen-bond donors (Lipinski definition) is 0. The topological polar surface area (TPSA) is 73.5 Å². The third-order valence-corrected chi connectivity index (χ3v) is 7.97. The molecule has 2 aromatic carbocycles. The number of rotatable bonds is 11. The van der Waals surface area contributed by atoms with Gasteiger partial charge in [0.15, 0.2) is 0 Å². The summed E-state index contributed by atoms with van der Waals surface area (Å²) in [5.41, 5.74) is 5.01. The first-order valence-corrected chi connectivity index (χ1v) is 14.2. The highest BCUT2D eigenvalue weighted by Gasteiger charge is 2.28. The van der Waals surface area contributed by atoms with Crippen molar-refractivity contribution in [3.05, 3.63) is 53.6 Å². The van der Waals surface area contributed by atoms with Crippen LogP contribution in [0.1, 0.15) is 82.4 Å². The highest BCUT2D eigenvalue weighted by Crippen LogP contribution is 2.43. The maximum atomic E-state index is 12.0. The molecule has 1 aliphatic carbocycles. The number of nitriles is 1. The van der Waals surface area contributed by atoms with Gasteiger partial charge in [-0.25, -0.2) is 0 Å². The summed E-state index contributed by atoms with van der Waals surface area (Å²) in [6.07, 6.45) is 8.56. The van der Waals surface area contributed by atoms with Crippen LogP contribution in [0.3, 0.4) is 0 Å². The van der Waals surface area contributed by atoms with Crippen LogP contribution in [-0.2, 0) is 20.7 Å². The maximum Gasteiger partial charge on any atom is 0.306 e. The predicted octanol–water partition coefficient (Wildman–Crippen LogP) is 7.13. The Hall–Kier alpha value is -3.30. The molecule has 2 fully saturated rings.